The monoisotopic (exact) mass is 327 g/mol. The second-order valence-electron chi connectivity index (χ2n) is 7.82. The molecule has 126 valence electrons. The van der Waals surface area contributed by atoms with Crippen molar-refractivity contribution in [1.82, 2.24) is 15.5 Å². The van der Waals surface area contributed by atoms with Gasteiger partial charge in [0, 0.05) is 17.7 Å². The standard InChI is InChI=1S/C16H29N3O2S/c1-15(2,3)14(21)19-11-22-9-12(19)13(20)18-10-16(4)5-7-17-8-6-16/h12,17H,5-11H2,1-4H3,(H,18,20). The third-order valence-corrected chi connectivity index (χ3v) is 5.60. The van der Waals surface area contributed by atoms with Crippen LogP contribution in [0, 0.1) is 10.8 Å². The van der Waals surface area contributed by atoms with Crippen LogP contribution in [0.15, 0.2) is 0 Å². The van der Waals surface area contributed by atoms with Crippen LogP contribution in [0.3, 0.4) is 0 Å². The van der Waals surface area contributed by atoms with Gasteiger partial charge in [0.05, 0.1) is 5.88 Å². The van der Waals surface area contributed by atoms with Crippen molar-refractivity contribution in [2.45, 2.75) is 46.6 Å². The van der Waals surface area contributed by atoms with Gasteiger partial charge < -0.3 is 15.5 Å². The lowest BCUT2D eigenvalue weighted by molar-refractivity contribution is -0.144. The maximum atomic E-state index is 12.5. The Morgan fingerprint density at radius 3 is 2.55 bits per heavy atom. The second kappa shape index (κ2) is 6.79. The molecular formula is C16H29N3O2S. The van der Waals surface area contributed by atoms with E-state index < -0.39 is 5.41 Å². The number of rotatable bonds is 3. The van der Waals surface area contributed by atoms with E-state index in [0.29, 0.717) is 18.2 Å². The summed E-state index contributed by atoms with van der Waals surface area (Å²) in [6.07, 6.45) is 2.16. The van der Waals surface area contributed by atoms with Gasteiger partial charge in [-0.25, -0.2) is 0 Å². The van der Waals surface area contributed by atoms with E-state index in [9.17, 15) is 9.59 Å². The molecule has 0 radical (unpaired) electrons. The van der Waals surface area contributed by atoms with Crippen molar-refractivity contribution in [3.63, 3.8) is 0 Å². The molecule has 5 nitrogen and oxygen atoms in total. The summed E-state index contributed by atoms with van der Waals surface area (Å²) in [7, 11) is 0. The number of amides is 2. The molecule has 6 heteroatoms. The molecule has 0 aliphatic carbocycles. The molecule has 2 saturated heterocycles. The van der Waals surface area contributed by atoms with Gasteiger partial charge in [0.2, 0.25) is 11.8 Å². The van der Waals surface area contributed by atoms with E-state index in [2.05, 4.69) is 17.6 Å². The Morgan fingerprint density at radius 2 is 1.95 bits per heavy atom. The van der Waals surface area contributed by atoms with Gasteiger partial charge in [0.25, 0.3) is 0 Å². The Hall–Kier alpha value is -0.750. The van der Waals surface area contributed by atoms with Crippen LogP contribution in [-0.2, 0) is 9.59 Å². The highest BCUT2D eigenvalue weighted by molar-refractivity contribution is 7.99. The van der Waals surface area contributed by atoms with Gasteiger partial charge in [-0.2, -0.15) is 0 Å². The molecule has 0 saturated carbocycles. The molecule has 0 aromatic heterocycles. The van der Waals surface area contributed by atoms with E-state index in [0.717, 1.165) is 25.9 Å². The predicted octanol–water partition coefficient (Wildman–Crippen LogP) is 1.44. The zero-order valence-electron chi connectivity index (χ0n) is 14.2. The van der Waals surface area contributed by atoms with Crippen LogP contribution in [-0.4, -0.2) is 54.0 Å². The minimum atomic E-state index is -0.440. The van der Waals surface area contributed by atoms with E-state index in [1.165, 1.54) is 0 Å². The van der Waals surface area contributed by atoms with E-state index in [-0.39, 0.29) is 23.3 Å². The summed E-state index contributed by atoms with van der Waals surface area (Å²) in [5.41, 5.74) is -0.268. The highest BCUT2D eigenvalue weighted by Gasteiger charge is 2.39. The molecule has 0 spiro atoms. The Labute approximate surface area is 138 Å². The topological polar surface area (TPSA) is 61.4 Å². The van der Waals surface area contributed by atoms with Gasteiger partial charge in [-0.15, -0.1) is 11.8 Å². The highest BCUT2D eigenvalue weighted by atomic mass is 32.2. The summed E-state index contributed by atoms with van der Waals surface area (Å²) in [4.78, 5) is 26.8. The average molecular weight is 327 g/mol. The molecule has 0 aromatic rings. The molecule has 2 aliphatic rings. The molecule has 2 N–H and O–H groups in total. The third kappa shape index (κ3) is 4.16. The molecule has 2 amide bonds. The fraction of sp³-hybridized carbons (Fsp3) is 0.875. The van der Waals surface area contributed by atoms with E-state index in [1.807, 2.05) is 20.8 Å². The predicted molar refractivity (Wildman–Crippen MR) is 90.6 cm³/mol. The van der Waals surface area contributed by atoms with Crippen LogP contribution < -0.4 is 10.6 Å². The summed E-state index contributed by atoms with van der Waals surface area (Å²) >= 11 is 1.66. The molecule has 22 heavy (non-hydrogen) atoms. The number of nitrogens with one attached hydrogen (secondary N) is 2. The van der Waals surface area contributed by atoms with Crippen LogP contribution in [0.1, 0.15) is 40.5 Å². The molecule has 0 bridgehead atoms. The normalized spacial score (nSPS) is 25.1. The van der Waals surface area contributed by atoms with Gasteiger partial charge >= 0.3 is 0 Å². The first kappa shape index (κ1) is 17.6. The van der Waals surface area contributed by atoms with Gasteiger partial charge in [0.1, 0.15) is 6.04 Å². The average Bonchev–Trinajstić information content (AvgIpc) is 2.93. The number of hydrogen-bond acceptors (Lipinski definition) is 4. The van der Waals surface area contributed by atoms with Gasteiger partial charge in [-0.3, -0.25) is 9.59 Å². The van der Waals surface area contributed by atoms with Crippen LogP contribution in [0.2, 0.25) is 0 Å². The molecule has 2 heterocycles. The van der Waals surface area contributed by atoms with Crippen LogP contribution in [0.25, 0.3) is 0 Å². The molecular weight excluding hydrogens is 298 g/mol. The van der Waals surface area contributed by atoms with Gasteiger partial charge in [-0.05, 0) is 31.3 Å². The fourth-order valence-electron chi connectivity index (χ4n) is 2.92. The van der Waals surface area contributed by atoms with Crippen LogP contribution in [0.4, 0.5) is 0 Å². The van der Waals surface area contributed by atoms with Crippen LogP contribution in [0.5, 0.6) is 0 Å². The minimum absolute atomic E-state index is 0.00218. The molecule has 2 rings (SSSR count). The number of hydrogen-bond donors (Lipinski definition) is 2. The van der Waals surface area contributed by atoms with Crippen molar-refractivity contribution in [2.24, 2.45) is 10.8 Å². The number of thioether (sulfide) groups is 1. The van der Waals surface area contributed by atoms with Crippen molar-refractivity contribution < 1.29 is 9.59 Å². The van der Waals surface area contributed by atoms with Gasteiger partial charge in [0.15, 0.2) is 0 Å². The van der Waals surface area contributed by atoms with Crippen LogP contribution >= 0.6 is 11.8 Å². The summed E-state index contributed by atoms with van der Waals surface area (Å²) in [6, 6.07) is -0.318. The number of piperidine rings is 1. The molecule has 1 unspecified atom stereocenters. The van der Waals surface area contributed by atoms with Crippen molar-refractivity contribution in [2.75, 3.05) is 31.3 Å². The summed E-state index contributed by atoms with van der Waals surface area (Å²) in [6.45, 7) is 10.7. The maximum absolute atomic E-state index is 12.5. The molecule has 0 aromatic carbocycles. The minimum Gasteiger partial charge on any atom is -0.354 e. The first-order chi connectivity index (χ1) is 10.2. The quantitative estimate of drug-likeness (QED) is 0.823. The van der Waals surface area contributed by atoms with Crippen molar-refractivity contribution in [3.05, 3.63) is 0 Å². The van der Waals surface area contributed by atoms with Crippen molar-refractivity contribution in [1.29, 1.82) is 0 Å². The molecule has 2 fully saturated rings. The summed E-state index contributed by atoms with van der Waals surface area (Å²) in [5.74, 6) is 1.38. The van der Waals surface area contributed by atoms with E-state index in [4.69, 9.17) is 0 Å². The largest absolute Gasteiger partial charge is 0.354 e. The Bertz CT molecular complexity index is 428. The zero-order chi connectivity index (χ0) is 16.4. The fourth-order valence-corrected chi connectivity index (χ4v) is 4.07. The SMILES string of the molecule is CC1(CNC(=O)C2CSCN2C(=O)C(C)(C)C)CCNCC1. The Morgan fingerprint density at radius 1 is 1.32 bits per heavy atom. The maximum Gasteiger partial charge on any atom is 0.243 e. The smallest absolute Gasteiger partial charge is 0.243 e. The molecule has 2 aliphatic heterocycles. The third-order valence-electron chi connectivity index (χ3n) is 4.59. The second-order valence-corrected chi connectivity index (χ2v) is 8.82. The first-order valence-corrected chi connectivity index (χ1v) is 9.26. The lowest BCUT2D eigenvalue weighted by atomic mass is 9.81. The number of carbonyl (C=O) groups excluding carboxylic acids is 2. The summed E-state index contributed by atoms with van der Waals surface area (Å²) < 4.78 is 0. The Kier molecular flexibility index (Phi) is 5.43. The Balaban J connectivity index is 1.92. The van der Waals surface area contributed by atoms with Crippen molar-refractivity contribution in [3.8, 4) is 0 Å². The van der Waals surface area contributed by atoms with Crippen molar-refractivity contribution >= 4 is 23.6 Å². The van der Waals surface area contributed by atoms with Gasteiger partial charge in [-0.1, -0.05) is 27.7 Å². The van der Waals surface area contributed by atoms with E-state index in [1.54, 1.807) is 16.7 Å². The summed E-state index contributed by atoms with van der Waals surface area (Å²) in [5, 5.41) is 6.45. The highest BCUT2D eigenvalue weighted by Crippen LogP contribution is 2.29. The van der Waals surface area contributed by atoms with E-state index >= 15 is 0 Å². The lowest BCUT2D eigenvalue weighted by Gasteiger charge is -2.35. The number of carbonyl (C=O) groups is 2. The first-order valence-electron chi connectivity index (χ1n) is 8.10. The number of nitrogens with zero attached hydrogens (tertiary/aromatic N) is 1. The zero-order valence-corrected chi connectivity index (χ0v) is 15.0. The lowest BCUT2D eigenvalue weighted by Crippen LogP contribution is -2.52. The molecule has 1 atom stereocenters.